The minimum atomic E-state index is -0.794. The lowest BCUT2D eigenvalue weighted by Crippen LogP contribution is -2.03. The molecule has 0 radical (unpaired) electrons. The van der Waals surface area contributed by atoms with Gasteiger partial charge in [0.2, 0.25) is 0 Å². The van der Waals surface area contributed by atoms with Crippen molar-refractivity contribution >= 4 is 23.2 Å². The molecule has 0 saturated heterocycles. The van der Waals surface area contributed by atoms with Gasteiger partial charge in [0.25, 0.3) is 0 Å². The van der Waals surface area contributed by atoms with Gasteiger partial charge in [0.1, 0.15) is 6.10 Å². The van der Waals surface area contributed by atoms with E-state index >= 15 is 0 Å². The molecule has 0 aliphatic carbocycles. The molecule has 0 saturated carbocycles. The Labute approximate surface area is 117 Å². The lowest BCUT2D eigenvalue weighted by Gasteiger charge is -2.17. The van der Waals surface area contributed by atoms with Crippen LogP contribution >= 0.6 is 23.2 Å². The first-order valence-electron chi connectivity index (χ1n) is 5.85. The van der Waals surface area contributed by atoms with Crippen molar-refractivity contribution in [1.29, 1.82) is 0 Å². The second-order valence-electron chi connectivity index (χ2n) is 4.10. The number of benzene rings is 2. The topological polar surface area (TPSA) is 20.2 Å². The third-order valence-electron chi connectivity index (χ3n) is 2.98. The summed E-state index contributed by atoms with van der Waals surface area (Å²) >= 11 is 12.5. The molecule has 0 aliphatic heterocycles. The third kappa shape index (κ3) is 2.54. The summed E-state index contributed by atoms with van der Waals surface area (Å²) in [6.45, 7) is 2.02. The van der Waals surface area contributed by atoms with Crippen molar-refractivity contribution < 1.29 is 5.11 Å². The van der Waals surface area contributed by atoms with Crippen LogP contribution in [-0.4, -0.2) is 5.11 Å². The fraction of sp³-hybridized carbons (Fsp3) is 0.200. The normalized spacial score (nSPS) is 12.4. The van der Waals surface area contributed by atoms with Gasteiger partial charge in [-0.05, 0) is 23.6 Å². The minimum Gasteiger partial charge on any atom is -0.384 e. The summed E-state index contributed by atoms with van der Waals surface area (Å²) in [4.78, 5) is 0. The van der Waals surface area contributed by atoms with E-state index in [1.54, 1.807) is 6.07 Å². The summed E-state index contributed by atoms with van der Waals surface area (Å²) in [6.07, 6.45) is 0.0162. The Balaban J connectivity index is 2.51. The molecule has 0 fully saturated rings. The third-order valence-corrected chi connectivity index (χ3v) is 3.75. The van der Waals surface area contributed by atoms with Gasteiger partial charge >= 0.3 is 0 Å². The van der Waals surface area contributed by atoms with E-state index in [9.17, 15) is 5.11 Å². The standard InChI is InChI=1S/C15H14Cl2O/c1-2-10-8-9-12(16)13(14(10)17)15(18)11-6-4-3-5-7-11/h3-9,15,18H,2H2,1H3. The fourth-order valence-electron chi connectivity index (χ4n) is 1.94. The molecule has 0 spiro atoms. The Bertz CT molecular complexity index is 538. The smallest absolute Gasteiger partial charge is 0.107 e. The van der Waals surface area contributed by atoms with Crippen molar-refractivity contribution in [1.82, 2.24) is 0 Å². The molecule has 1 unspecified atom stereocenters. The number of rotatable bonds is 3. The predicted octanol–water partition coefficient (Wildman–Crippen LogP) is 4.64. The molecular weight excluding hydrogens is 267 g/mol. The molecule has 94 valence electrons. The van der Waals surface area contributed by atoms with Crippen molar-refractivity contribution in [2.24, 2.45) is 0 Å². The summed E-state index contributed by atoms with van der Waals surface area (Å²) in [5.74, 6) is 0. The average Bonchev–Trinajstić information content (AvgIpc) is 2.40. The summed E-state index contributed by atoms with van der Waals surface area (Å²) in [6, 6.07) is 13.1. The van der Waals surface area contributed by atoms with Crippen LogP contribution in [0.5, 0.6) is 0 Å². The Kier molecular flexibility index (Phi) is 4.28. The maximum Gasteiger partial charge on any atom is 0.107 e. The van der Waals surface area contributed by atoms with Crippen molar-refractivity contribution in [2.45, 2.75) is 19.4 Å². The number of aliphatic hydroxyl groups excluding tert-OH is 1. The first-order valence-corrected chi connectivity index (χ1v) is 6.60. The average molecular weight is 281 g/mol. The van der Waals surface area contributed by atoms with Crippen LogP contribution in [0.25, 0.3) is 0 Å². The predicted molar refractivity (Wildman–Crippen MR) is 76.3 cm³/mol. The molecule has 0 aromatic heterocycles. The summed E-state index contributed by atoms with van der Waals surface area (Å²) < 4.78 is 0. The Hall–Kier alpha value is -1.02. The number of aliphatic hydroxyl groups is 1. The van der Waals surface area contributed by atoms with E-state index in [1.165, 1.54) is 0 Å². The van der Waals surface area contributed by atoms with Gasteiger partial charge in [0, 0.05) is 10.6 Å². The van der Waals surface area contributed by atoms with Crippen LogP contribution in [0.4, 0.5) is 0 Å². The van der Waals surface area contributed by atoms with Crippen LogP contribution in [0.2, 0.25) is 10.0 Å². The first-order chi connectivity index (χ1) is 8.65. The van der Waals surface area contributed by atoms with E-state index in [0.29, 0.717) is 15.6 Å². The molecule has 1 nitrogen and oxygen atoms in total. The van der Waals surface area contributed by atoms with Gasteiger partial charge in [-0.15, -0.1) is 0 Å². The number of halogens is 2. The zero-order valence-electron chi connectivity index (χ0n) is 10.0. The molecule has 1 N–H and O–H groups in total. The van der Waals surface area contributed by atoms with E-state index in [0.717, 1.165) is 17.5 Å². The second kappa shape index (κ2) is 5.75. The summed E-state index contributed by atoms with van der Waals surface area (Å²) in [5.41, 5.74) is 2.37. The van der Waals surface area contributed by atoms with Gasteiger partial charge in [-0.3, -0.25) is 0 Å². The van der Waals surface area contributed by atoms with Gasteiger partial charge in [-0.2, -0.15) is 0 Å². The van der Waals surface area contributed by atoms with Crippen LogP contribution < -0.4 is 0 Å². The molecule has 0 heterocycles. The highest BCUT2D eigenvalue weighted by atomic mass is 35.5. The van der Waals surface area contributed by atoms with Crippen LogP contribution in [0.1, 0.15) is 29.7 Å². The Morgan fingerprint density at radius 1 is 1.06 bits per heavy atom. The molecule has 1 atom stereocenters. The first kappa shape index (κ1) is 13.4. The Morgan fingerprint density at radius 2 is 1.72 bits per heavy atom. The number of hydrogen-bond acceptors (Lipinski definition) is 1. The van der Waals surface area contributed by atoms with Gasteiger partial charge < -0.3 is 5.11 Å². The quantitative estimate of drug-likeness (QED) is 0.869. The zero-order valence-corrected chi connectivity index (χ0v) is 11.5. The van der Waals surface area contributed by atoms with E-state index in [-0.39, 0.29) is 0 Å². The SMILES string of the molecule is CCc1ccc(Cl)c(C(O)c2ccccc2)c1Cl. The van der Waals surface area contributed by atoms with Crippen LogP contribution in [0.15, 0.2) is 42.5 Å². The van der Waals surface area contributed by atoms with Crippen molar-refractivity contribution in [3.63, 3.8) is 0 Å². The summed E-state index contributed by atoms with van der Waals surface area (Å²) in [7, 11) is 0. The van der Waals surface area contributed by atoms with Crippen LogP contribution in [-0.2, 0) is 6.42 Å². The van der Waals surface area contributed by atoms with E-state index in [2.05, 4.69) is 0 Å². The highest BCUT2D eigenvalue weighted by Gasteiger charge is 2.19. The lowest BCUT2D eigenvalue weighted by atomic mass is 9.99. The monoisotopic (exact) mass is 280 g/mol. The zero-order chi connectivity index (χ0) is 13.1. The molecule has 2 aromatic rings. The van der Waals surface area contributed by atoms with E-state index in [4.69, 9.17) is 23.2 Å². The van der Waals surface area contributed by atoms with Crippen molar-refractivity contribution in [3.05, 3.63) is 69.2 Å². The lowest BCUT2D eigenvalue weighted by molar-refractivity contribution is 0.220. The molecule has 0 bridgehead atoms. The molecular formula is C15H14Cl2O. The van der Waals surface area contributed by atoms with Gasteiger partial charge in [0.05, 0.1) is 5.02 Å². The van der Waals surface area contributed by atoms with E-state index < -0.39 is 6.10 Å². The van der Waals surface area contributed by atoms with Crippen LogP contribution in [0.3, 0.4) is 0 Å². The number of hydrogen-bond donors (Lipinski definition) is 1. The Morgan fingerprint density at radius 3 is 2.33 bits per heavy atom. The fourth-order valence-corrected chi connectivity index (χ4v) is 2.65. The van der Waals surface area contributed by atoms with Gasteiger partial charge in [0.15, 0.2) is 0 Å². The highest BCUT2D eigenvalue weighted by Crippen LogP contribution is 2.36. The van der Waals surface area contributed by atoms with Gasteiger partial charge in [-0.25, -0.2) is 0 Å². The molecule has 2 rings (SSSR count). The van der Waals surface area contributed by atoms with Crippen LogP contribution in [0, 0.1) is 0 Å². The van der Waals surface area contributed by atoms with E-state index in [1.807, 2.05) is 43.3 Å². The molecule has 0 amide bonds. The maximum absolute atomic E-state index is 10.4. The maximum atomic E-state index is 10.4. The van der Waals surface area contributed by atoms with Gasteiger partial charge in [-0.1, -0.05) is 66.5 Å². The molecule has 3 heteroatoms. The molecule has 2 aromatic carbocycles. The molecule has 0 aliphatic rings. The molecule has 18 heavy (non-hydrogen) atoms. The second-order valence-corrected chi connectivity index (χ2v) is 4.89. The van der Waals surface area contributed by atoms with Crippen molar-refractivity contribution in [3.8, 4) is 0 Å². The highest BCUT2D eigenvalue weighted by molar-refractivity contribution is 6.36. The minimum absolute atomic E-state index is 0.494. The summed E-state index contributed by atoms with van der Waals surface area (Å²) in [5, 5.41) is 11.5. The largest absolute Gasteiger partial charge is 0.384 e. The number of aryl methyl sites for hydroxylation is 1. The van der Waals surface area contributed by atoms with Crippen molar-refractivity contribution in [2.75, 3.05) is 0 Å².